The van der Waals surface area contributed by atoms with Crippen LogP contribution in [0.15, 0.2) is 176 Å². The topological polar surface area (TPSA) is 392 Å². The number of hydrogen-bond acceptors (Lipinski definition) is 21. The summed E-state index contributed by atoms with van der Waals surface area (Å²) in [5, 5.41) is 212. The van der Waals surface area contributed by atoms with Gasteiger partial charge in [0.1, 0.15) is 129 Å². The molecule has 494 valence electrons. The van der Waals surface area contributed by atoms with Gasteiger partial charge in [-0.25, -0.2) is 0 Å². The molecule has 2 aliphatic carbocycles. The van der Waals surface area contributed by atoms with Gasteiger partial charge in [-0.05, 0) is 147 Å². The summed E-state index contributed by atoms with van der Waals surface area (Å²) in [4.78, 5) is 0. The van der Waals surface area contributed by atoms with Gasteiger partial charge in [-0.3, -0.25) is 0 Å². The van der Waals surface area contributed by atoms with Crippen LogP contribution in [-0.2, 0) is 4.74 Å². The first kappa shape index (κ1) is 62.1. The molecule has 15 atom stereocenters. The monoisotopic (exact) mass is 1310 g/mol. The average Bonchev–Trinajstić information content (AvgIpc) is 1.51. The molecule has 0 aromatic heterocycles. The van der Waals surface area contributed by atoms with Crippen molar-refractivity contribution in [2.24, 2.45) is 0 Å². The van der Waals surface area contributed by atoms with E-state index in [0.29, 0.717) is 50.1 Å². The lowest BCUT2D eigenvalue weighted by Gasteiger charge is -2.41. The molecule has 18 N–H and O–H groups in total. The Kier molecular flexibility index (Phi) is 15.0. The van der Waals surface area contributed by atoms with Gasteiger partial charge >= 0.3 is 0 Å². The van der Waals surface area contributed by atoms with Crippen molar-refractivity contribution in [1.29, 1.82) is 0 Å². The van der Waals surface area contributed by atoms with Crippen molar-refractivity contribution in [2.75, 3.05) is 6.61 Å². The fraction of sp³-hybridized carbons (Fsp3) is 0.211. The van der Waals surface area contributed by atoms with Crippen molar-refractivity contribution >= 4 is 0 Å². The Morgan fingerprint density at radius 2 is 0.825 bits per heavy atom. The van der Waals surface area contributed by atoms with Crippen molar-refractivity contribution in [3.8, 4) is 86.2 Å². The molecule has 5 aliphatic rings. The number of phenolic OH excluding ortho intramolecular Hbond substituents is 13. The maximum Gasteiger partial charge on any atom is 0.135 e. The van der Waals surface area contributed by atoms with Gasteiger partial charge in [-0.2, -0.15) is 0 Å². The highest BCUT2D eigenvalue weighted by Crippen LogP contribution is 2.74. The zero-order chi connectivity index (χ0) is 67.9. The SMILES string of the molecule is OC[C@H]1O[C@@H](c2c(O)cc(O)cc2C(O)C(c2ccc(O)cc2)c2c(O)c3c4c5c2O[C@@H](c2ccc(O)cc2)[C@@H]5c2cc(O)cc(O)c2[C@@H](c2ccc(O)cc2)[C@H]4[C@H](c2cc(O)cc4c2[C@@H](c2cc(O)cc(O)c2)[C@H](c2ccc(O)cc2)O4)[C@H]3c2ccc(O)cc2)[C@H](O)[C@@H](O)[C@@H]1O. The smallest absolute Gasteiger partial charge is 0.135 e. The standard InChI is InChI=1S/C76H64O21/c77-30-53-69(91)71(93)72(94)76(96-53)59-49(26-45(86)28-51(59)89)68(90)56(33-5-15-39(80)16-6-33)67-70(92)65-55(32-3-13-38(79)14-4-32)61(48-25-46(87)29-52-60(48)57(36-21-42(83)23-43(84)22-36)73(95-52)34-7-17-40(81)18-8-34)63-54(31-1-11-37(78)12-2-31)58-47(24-44(85)27-50(58)88)62-66(64(63)65)75(67)97-74(62)35-9-19-41(82)20-10-35/h1-29,53-57,61-63,68-69,71-74,76-94H,30H2/t53-,54-,55-,56?,57-,61-,62-,63+,68?,69-,71+,72-,73+,74+,76+/m1/s1. The summed E-state index contributed by atoms with van der Waals surface area (Å²) in [6, 6.07) is 41.8. The Hall–Kier alpha value is -11.0. The summed E-state index contributed by atoms with van der Waals surface area (Å²) in [5.74, 6) is -12.9. The minimum atomic E-state index is -2.15. The van der Waals surface area contributed by atoms with Crippen molar-refractivity contribution in [2.45, 2.75) is 90.3 Å². The van der Waals surface area contributed by atoms with Crippen molar-refractivity contribution in [3.63, 3.8) is 0 Å². The molecule has 3 heterocycles. The minimum absolute atomic E-state index is 0.0637. The Labute approximate surface area is 551 Å². The molecular weight excluding hydrogens is 1250 g/mol. The zero-order valence-electron chi connectivity index (χ0n) is 50.9. The van der Waals surface area contributed by atoms with Gasteiger partial charge in [0.25, 0.3) is 0 Å². The van der Waals surface area contributed by atoms with Gasteiger partial charge < -0.3 is 106 Å². The van der Waals surface area contributed by atoms with Gasteiger partial charge in [0, 0.05) is 87.2 Å². The van der Waals surface area contributed by atoms with Crippen LogP contribution in [0.2, 0.25) is 0 Å². The number of aliphatic hydroxyl groups excluding tert-OH is 5. The van der Waals surface area contributed by atoms with Crippen molar-refractivity contribution < 1.29 is 106 Å². The largest absolute Gasteiger partial charge is 0.508 e. The lowest BCUT2D eigenvalue weighted by atomic mass is 9.67. The van der Waals surface area contributed by atoms with Gasteiger partial charge in [-0.15, -0.1) is 0 Å². The van der Waals surface area contributed by atoms with Gasteiger partial charge in [0.15, 0.2) is 0 Å². The number of ether oxygens (including phenoxy) is 3. The van der Waals surface area contributed by atoms with E-state index >= 15 is 0 Å². The Bertz CT molecular complexity index is 4710. The number of fused-ring (bicyclic) bond motifs is 3. The summed E-state index contributed by atoms with van der Waals surface area (Å²) in [7, 11) is 0. The molecule has 97 heavy (non-hydrogen) atoms. The van der Waals surface area contributed by atoms with Gasteiger partial charge in [-0.1, -0.05) is 60.7 Å². The third kappa shape index (κ3) is 10.1. The normalized spacial score (nSPS) is 24.9. The molecule has 0 saturated carbocycles. The summed E-state index contributed by atoms with van der Waals surface area (Å²) in [6.07, 6.45) is -13.7. The molecule has 1 saturated heterocycles. The van der Waals surface area contributed by atoms with Gasteiger partial charge in [0.05, 0.1) is 24.5 Å². The summed E-state index contributed by atoms with van der Waals surface area (Å²) >= 11 is 0. The molecular formula is C76H64O21. The first-order valence-corrected chi connectivity index (χ1v) is 31.3. The lowest BCUT2D eigenvalue weighted by Crippen LogP contribution is -2.55. The van der Waals surface area contributed by atoms with Crippen molar-refractivity contribution in [3.05, 3.63) is 265 Å². The van der Waals surface area contributed by atoms with Crippen molar-refractivity contribution in [1.82, 2.24) is 0 Å². The molecule has 10 aromatic rings. The number of rotatable bonds is 12. The zero-order valence-corrected chi connectivity index (χ0v) is 50.9. The summed E-state index contributed by atoms with van der Waals surface area (Å²) < 4.78 is 20.5. The van der Waals surface area contributed by atoms with Crippen LogP contribution in [0.3, 0.4) is 0 Å². The molecule has 21 heteroatoms. The predicted molar refractivity (Wildman–Crippen MR) is 345 cm³/mol. The third-order valence-electron chi connectivity index (χ3n) is 20.2. The number of benzene rings is 10. The fourth-order valence-corrected chi connectivity index (χ4v) is 16.3. The van der Waals surface area contributed by atoms with Crippen LogP contribution in [0.1, 0.15) is 155 Å². The first-order chi connectivity index (χ1) is 46.6. The minimum Gasteiger partial charge on any atom is -0.508 e. The van der Waals surface area contributed by atoms with E-state index in [1.807, 2.05) is 0 Å². The van der Waals surface area contributed by atoms with E-state index in [1.165, 1.54) is 103 Å². The quantitative estimate of drug-likeness (QED) is 0.0540. The van der Waals surface area contributed by atoms with E-state index in [9.17, 15) is 91.9 Å². The van der Waals surface area contributed by atoms with Crippen LogP contribution < -0.4 is 9.47 Å². The molecule has 0 amide bonds. The Balaban J connectivity index is 1.10. The van der Waals surface area contributed by atoms with E-state index in [1.54, 1.807) is 54.6 Å². The van der Waals surface area contributed by atoms with Crippen LogP contribution in [0.5, 0.6) is 86.2 Å². The Morgan fingerprint density at radius 1 is 0.351 bits per heavy atom. The number of aliphatic hydroxyl groups is 5. The summed E-state index contributed by atoms with van der Waals surface area (Å²) in [6.45, 7) is -0.891. The average molecular weight is 1310 g/mol. The fourth-order valence-electron chi connectivity index (χ4n) is 16.3. The molecule has 21 nitrogen and oxygen atoms in total. The molecule has 0 spiro atoms. The van der Waals surface area contributed by atoms with E-state index in [4.69, 9.17) is 14.2 Å². The highest BCUT2D eigenvalue weighted by atomic mass is 16.5. The van der Waals surface area contributed by atoms with Crippen LogP contribution in [-0.4, -0.2) is 123 Å². The highest BCUT2D eigenvalue weighted by Gasteiger charge is 2.60. The van der Waals surface area contributed by atoms with E-state index in [2.05, 4.69) is 0 Å². The van der Waals surface area contributed by atoms with E-state index in [0.717, 1.165) is 18.2 Å². The Morgan fingerprint density at radius 3 is 1.38 bits per heavy atom. The second kappa shape index (κ2) is 23.4. The van der Waals surface area contributed by atoms with Crippen LogP contribution in [0, 0.1) is 0 Å². The molecule has 3 aliphatic heterocycles. The second-order valence-electron chi connectivity index (χ2n) is 25.7. The molecule has 15 rings (SSSR count). The van der Waals surface area contributed by atoms with E-state index in [-0.39, 0.29) is 90.9 Å². The summed E-state index contributed by atoms with van der Waals surface area (Å²) in [5.41, 5.74) is 3.29. The molecule has 0 radical (unpaired) electrons. The third-order valence-corrected chi connectivity index (χ3v) is 20.2. The first-order valence-electron chi connectivity index (χ1n) is 31.3. The molecule has 10 aromatic carbocycles. The molecule has 2 unspecified atom stereocenters. The van der Waals surface area contributed by atoms with Gasteiger partial charge in [0.2, 0.25) is 0 Å². The highest BCUT2D eigenvalue weighted by molar-refractivity contribution is 5.77. The van der Waals surface area contributed by atoms with Crippen LogP contribution in [0.25, 0.3) is 0 Å². The number of hydrogen-bond donors (Lipinski definition) is 18. The van der Waals surface area contributed by atoms with Crippen LogP contribution >= 0.6 is 0 Å². The number of aromatic hydroxyl groups is 13. The number of phenols is 13. The van der Waals surface area contributed by atoms with E-state index < -0.39 is 131 Å². The second-order valence-corrected chi connectivity index (χ2v) is 25.7. The molecule has 1 fully saturated rings. The predicted octanol–water partition coefficient (Wildman–Crippen LogP) is 9.93. The molecule has 0 bridgehead atoms. The van der Waals surface area contributed by atoms with Crippen LogP contribution in [0.4, 0.5) is 0 Å². The maximum absolute atomic E-state index is 14.6. The maximum atomic E-state index is 14.6. The lowest BCUT2D eigenvalue weighted by molar-refractivity contribution is -0.232.